The van der Waals surface area contributed by atoms with Crippen molar-refractivity contribution in [3.63, 3.8) is 0 Å². The molecule has 0 N–H and O–H groups in total. The zero-order chi connectivity index (χ0) is 22.2. The van der Waals surface area contributed by atoms with Crippen molar-refractivity contribution in [2.24, 2.45) is 0 Å². The summed E-state index contributed by atoms with van der Waals surface area (Å²) in [7, 11) is 0. The van der Waals surface area contributed by atoms with Crippen molar-refractivity contribution in [1.29, 1.82) is 0 Å². The lowest BCUT2D eigenvalue weighted by molar-refractivity contribution is -0.112. The molecular formula is C26H20BrN3O2. The quantitative estimate of drug-likeness (QED) is 0.377. The number of likely N-dealkylation sites (N-methyl/N-ethyl adjacent to an activating group) is 1. The lowest BCUT2D eigenvalue weighted by Gasteiger charge is -2.14. The number of aromatic nitrogens is 2. The normalized spacial score (nSPS) is 14.4. The third-order valence-electron chi connectivity index (χ3n) is 5.68. The van der Waals surface area contributed by atoms with Gasteiger partial charge in [0.15, 0.2) is 0 Å². The van der Waals surface area contributed by atoms with Crippen LogP contribution in [-0.4, -0.2) is 22.0 Å². The highest BCUT2D eigenvalue weighted by Crippen LogP contribution is 2.39. The van der Waals surface area contributed by atoms with Gasteiger partial charge < -0.3 is 4.90 Å². The molecule has 1 aliphatic rings. The Labute approximate surface area is 193 Å². The van der Waals surface area contributed by atoms with E-state index in [2.05, 4.69) is 15.9 Å². The molecule has 1 aliphatic heterocycles. The summed E-state index contributed by atoms with van der Waals surface area (Å²) >= 11 is 3.51. The van der Waals surface area contributed by atoms with E-state index in [1.807, 2.05) is 73.7 Å². The number of halogens is 1. The molecule has 0 fully saturated rings. The first kappa shape index (κ1) is 20.4. The molecule has 0 aliphatic carbocycles. The van der Waals surface area contributed by atoms with Crippen LogP contribution >= 0.6 is 15.9 Å². The molecule has 0 atom stereocenters. The Hall–Kier alpha value is -3.51. The van der Waals surface area contributed by atoms with Crippen LogP contribution in [0.5, 0.6) is 0 Å². The number of nitrogens with zero attached hydrogens (tertiary/aromatic N) is 3. The van der Waals surface area contributed by atoms with E-state index < -0.39 is 0 Å². The Morgan fingerprint density at radius 3 is 2.50 bits per heavy atom. The van der Waals surface area contributed by atoms with Crippen LogP contribution in [0.3, 0.4) is 0 Å². The molecular weight excluding hydrogens is 466 g/mol. The highest BCUT2D eigenvalue weighted by atomic mass is 79.9. The van der Waals surface area contributed by atoms with Gasteiger partial charge in [-0.3, -0.25) is 14.2 Å². The van der Waals surface area contributed by atoms with Crippen LogP contribution in [0.1, 0.15) is 23.9 Å². The van der Waals surface area contributed by atoms with Gasteiger partial charge in [0.1, 0.15) is 5.82 Å². The van der Waals surface area contributed by atoms with Gasteiger partial charge in [0.25, 0.3) is 11.5 Å². The van der Waals surface area contributed by atoms with Gasteiger partial charge in [0.2, 0.25) is 0 Å². The van der Waals surface area contributed by atoms with E-state index >= 15 is 0 Å². The van der Waals surface area contributed by atoms with Gasteiger partial charge in [0.05, 0.1) is 28.7 Å². The summed E-state index contributed by atoms with van der Waals surface area (Å²) in [5.74, 6) is 0.374. The molecule has 158 valence electrons. The number of hydrogen-bond donors (Lipinski definition) is 0. The summed E-state index contributed by atoms with van der Waals surface area (Å²) in [6.45, 7) is 2.88. The standard InChI is InChI=1S/C26H20BrN3O2/c1-2-29-23-13-12-18(27)14-20(23)21(26(29)32)15-24-28-22-11-7-6-10-19(22)25(31)30(24)16-17-8-4-3-5-9-17/h3-15H,2,16H2,1H3. The lowest BCUT2D eigenvalue weighted by atomic mass is 10.1. The molecule has 0 unspecified atom stereocenters. The smallest absolute Gasteiger partial charge is 0.261 e. The Morgan fingerprint density at radius 1 is 0.969 bits per heavy atom. The summed E-state index contributed by atoms with van der Waals surface area (Å²) in [6, 6.07) is 22.9. The second-order valence-corrected chi connectivity index (χ2v) is 8.55. The number of carbonyl (C=O) groups excluding carboxylic acids is 1. The average Bonchev–Trinajstić information content (AvgIpc) is 3.07. The molecule has 0 spiro atoms. The monoisotopic (exact) mass is 485 g/mol. The first-order chi connectivity index (χ1) is 15.6. The van der Waals surface area contributed by atoms with Crippen molar-refractivity contribution >= 4 is 50.1 Å². The fraction of sp³-hybridized carbons (Fsp3) is 0.115. The molecule has 0 saturated heterocycles. The fourth-order valence-electron chi connectivity index (χ4n) is 4.13. The van der Waals surface area contributed by atoms with Crippen molar-refractivity contribution in [3.8, 4) is 0 Å². The largest absolute Gasteiger partial charge is 0.308 e. The highest BCUT2D eigenvalue weighted by molar-refractivity contribution is 9.10. The molecule has 32 heavy (non-hydrogen) atoms. The van der Waals surface area contributed by atoms with Gasteiger partial charge >= 0.3 is 0 Å². The predicted octanol–water partition coefficient (Wildman–Crippen LogP) is 5.11. The number of para-hydroxylation sites is 1. The number of anilines is 1. The summed E-state index contributed by atoms with van der Waals surface area (Å²) in [4.78, 5) is 33.2. The fourth-order valence-corrected chi connectivity index (χ4v) is 4.49. The molecule has 3 aromatic carbocycles. The molecule has 0 radical (unpaired) electrons. The third kappa shape index (κ3) is 3.46. The van der Waals surface area contributed by atoms with E-state index in [1.54, 1.807) is 21.6 Å². The summed E-state index contributed by atoms with van der Waals surface area (Å²) in [5, 5.41) is 0.557. The van der Waals surface area contributed by atoms with Crippen LogP contribution in [0, 0.1) is 0 Å². The highest BCUT2D eigenvalue weighted by Gasteiger charge is 2.32. The van der Waals surface area contributed by atoms with E-state index in [4.69, 9.17) is 4.98 Å². The SMILES string of the molecule is CCN1C(=O)C(=Cc2nc3ccccc3c(=O)n2Cc2ccccc2)c2cc(Br)ccc21. The van der Waals surface area contributed by atoms with Gasteiger partial charge in [-0.05, 0) is 48.9 Å². The molecule has 6 heteroatoms. The van der Waals surface area contributed by atoms with E-state index in [9.17, 15) is 9.59 Å². The summed E-state index contributed by atoms with van der Waals surface area (Å²) in [5.41, 5.74) is 3.71. The van der Waals surface area contributed by atoms with Gasteiger partial charge in [0, 0.05) is 16.6 Å². The molecule has 1 amide bonds. The van der Waals surface area contributed by atoms with Gasteiger partial charge in [-0.25, -0.2) is 4.98 Å². The molecule has 5 rings (SSSR count). The summed E-state index contributed by atoms with van der Waals surface area (Å²) < 4.78 is 2.53. The van der Waals surface area contributed by atoms with Crippen LogP contribution in [0.4, 0.5) is 5.69 Å². The zero-order valence-electron chi connectivity index (χ0n) is 17.5. The summed E-state index contributed by atoms with van der Waals surface area (Å²) in [6.07, 6.45) is 1.75. The number of benzene rings is 3. The van der Waals surface area contributed by atoms with Gasteiger partial charge in [-0.1, -0.05) is 58.4 Å². The second kappa shape index (κ2) is 8.20. The molecule has 5 nitrogen and oxygen atoms in total. The number of hydrogen-bond acceptors (Lipinski definition) is 3. The first-order valence-corrected chi connectivity index (χ1v) is 11.2. The van der Waals surface area contributed by atoms with Gasteiger partial charge in [-0.15, -0.1) is 0 Å². The molecule has 4 aromatic rings. The van der Waals surface area contributed by atoms with Crippen LogP contribution in [0.15, 0.2) is 82.1 Å². The number of rotatable bonds is 4. The van der Waals surface area contributed by atoms with Crippen LogP contribution in [0.25, 0.3) is 22.6 Å². The maximum Gasteiger partial charge on any atom is 0.261 e. The Balaban J connectivity index is 1.75. The maximum absolute atomic E-state index is 13.4. The van der Waals surface area contributed by atoms with Crippen molar-refractivity contribution in [2.75, 3.05) is 11.4 Å². The second-order valence-electron chi connectivity index (χ2n) is 7.63. The zero-order valence-corrected chi connectivity index (χ0v) is 19.0. The minimum Gasteiger partial charge on any atom is -0.308 e. The Morgan fingerprint density at radius 2 is 1.72 bits per heavy atom. The number of fused-ring (bicyclic) bond motifs is 2. The van der Waals surface area contributed by atoms with E-state index in [-0.39, 0.29) is 11.5 Å². The minimum atomic E-state index is -0.126. The maximum atomic E-state index is 13.4. The average molecular weight is 486 g/mol. The molecule has 1 aromatic heterocycles. The van der Waals surface area contributed by atoms with E-state index in [0.717, 1.165) is 21.3 Å². The molecule has 2 heterocycles. The topological polar surface area (TPSA) is 55.2 Å². The van der Waals surface area contributed by atoms with Crippen molar-refractivity contribution in [1.82, 2.24) is 9.55 Å². The van der Waals surface area contributed by atoms with Crippen molar-refractivity contribution in [3.05, 3.63) is 105 Å². The van der Waals surface area contributed by atoms with E-state index in [0.29, 0.717) is 35.4 Å². The number of amides is 1. The third-order valence-corrected chi connectivity index (χ3v) is 6.17. The molecule has 0 saturated carbocycles. The Bertz CT molecular complexity index is 1440. The van der Waals surface area contributed by atoms with Crippen molar-refractivity contribution in [2.45, 2.75) is 13.5 Å². The van der Waals surface area contributed by atoms with Crippen LogP contribution < -0.4 is 10.5 Å². The van der Waals surface area contributed by atoms with Crippen molar-refractivity contribution < 1.29 is 4.79 Å². The molecule has 0 bridgehead atoms. The van der Waals surface area contributed by atoms with Crippen LogP contribution in [-0.2, 0) is 11.3 Å². The Kier molecular flexibility index (Phi) is 5.23. The van der Waals surface area contributed by atoms with E-state index in [1.165, 1.54) is 0 Å². The predicted molar refractivity (Wildman–Crippen MR) is 132 cm³/mol. The minimum absolute atomic E-state index is 0.0886. The first-order valence-electron chi connectivity index (χ1n) is 10.4. The van der Waals surface area contributed by atoms with Crippen LogP contribution in [0.2, 0.25) is 0 Å². The van der Waals surface area contributed by atoms with Gasteiger partial charge in [-0.2, -0.15) is 0 Å². The number of carbonyl (C=O) groups is 1. The lowest BCUT2D eigenvalue weighted by Crippen LogP contribution is -2.26.